The van der Waals surface area contributed by atoms with E-state index >= 15 is 0 Å². The molecule has 0 aliphatic rings. The molecule has 0 aliphatic carbocycles. The van der Waals surface area contributed by atoms with Crippen LogP contribution in [0.3, 0.4) is 0 Å². The third kappa shape index (κ3) is 22.5. The number of nitrogens with zero attached hydrogens (tertiary/aromatic N) is 1. The van der Waals surface area contributed by atoms with Gasteiger partial charge in [-0.2, -0.15) is 0 Å². The smallest absolute Gasteiger partial charge is 0.0267 e. The molecule has 1 heterocycles. The first kappa shape index (κ1) is 13.2. The largest absolute Gasteiger partial charge is 0.265 e. The Kier molecular flexibility index (Phi) is 5.75. The Balaban J connectivity index is 0.000000202. The molecular weight excluding hydrogens is 444 g/mol. The summed E-state index contributed by atoms with van der Waals surface area (Å²) in [5.41, 5.74) is 0. The van der Waals surface area contributed by atoms with Crippen molar-refractivity contribution in [2.75, 3.05) is 0 Å². The number of aromatic nitrogens is 1. The first-order valence-electron chi connectivity index (χ1n) is 2.48. The van der Waals surface area contributed by atoms with Crippen LogP contribution in [-0.2, 0) is 9.02 Å². The van der Waals surface area contributed by atoms with Gasteiger partial charge in [-0.1, -0.05) is 6.07 Å². The molecule has 0 amide bonds. The van der Waals surface area contributed by atoms with Crippen LogP contribution in [0.4, 0.5) is 0 Å². The standard InChI is InChI=1S/C5H5N.5ClH.Ir/c1-2-4-6-5-3-1;;;;;;/h1-5H;5*1H;/q;;;;;;+5/p-5. The molecule has 0 aromatic carbocycles. The van der Waals surface area contributed by atoms with E-state index in [9.17, 15) is 0 Å². The molecule has 0 atom stereocenters. The molecule has 0 unspecified atom stereocenters. The van der Waals surface area contributed by atoms with E-state index in [1.54, 1.807) is 12.4 Å². The number of pyridine rings is 1. The molecule has 0 spiro atoms. The molecule has 0 saturated heterocycles. The molecule has 1 aromatic rings. The van der Waals surface area contributed by atoms with Crippen molar-refractivity contribution >= 4 is 47.9 Å². The molecule has 0 N–H and O–H groups in total. The topological polar surface area (TPSA) is 12.9 Å². The second-order valence-electron chi connectivity index (χ2n) is 1.50. The summed E-state index contributed by atoms with van der Waals surface area (Å²) in [6, 6.07) is 5.72. The predicted molar refractivity (Wildman–Crippen MR) is 53.5 cm³/mol. The minimum Gasteiger partial charge on any atom is -0.265 e. The van der Waals surface area contributed by atoms with Gasteiger partial charge in [-0.05, 0) is 12.1 Å². The van der Waals surface area contributed by atoms with Gasteiger partial charge in [0, 0.05) is 12.4 Å². The first-order valence-corrected chi connectivity index (χ1v) is 17.3. The third-order valence-corrected chi connectivity index (χ3v) is 0.566. The van der Waals surface area contributed by atoms with Crippen LogP contribution < -0.4 is 0 Å². The maximum Gasteiger partial charge on any atom is 0.0267 e. The maximum atomic E-state index is 5.04. The number of hydrogen-bond donors (Lipinski definition) is 0. The molecule has 0 fully saturated rings. The van der Waals surface area contributed by atoms with Gasteiger partial charge in [-0.3, -0.25) is 4.98 Å². The van der Waals surface area contributed by atoms with Crippen molar-refractivity contribution in [3.05, 3.63) is 30.6 Å². The monoisotopic (exact) mass is 447 g/mol. The zero-order valence-corrected chi connectivity index (χ0v) is 11.7. The molecule has 0 aliphatic heterocycles. The molecule has 0 saturated carbocycles. The molecule has 12 heavy (non-hydrogen) atoms. The van der Waals surface area contributed by atoms with E-state index in [1.807, 2.05) is 18.2 Å². The van der Waals surface area contributed by atoms with Crippen molar-refractivity contribution < 1.29 is 9.02 Å². The van der Waals surface area contributed by atoms with Gasteiger partial charge in [0.05, 0.1) is 0 Å². The number of hydrogen-bond acceptors (Lipinski definition) is 1. The van der Waals surface area contributed by atoms with Gasteiger partial charge in [-0.25, -0.2) is 0 Å². The minimum absolute atomic E-state index is 1.75. The zero-order chi connectivity index (χ0) is 9.69. The van der Waals surface area contributed by atoms with E-state index in [0.29, 0.717) is 0 Å². The first-order chi connectivity index (χ1) is 5.24. The average Bonchev–Trinajstić information content (AvgIpc) is 1.86. The Labute approximate surface area is 91.7 Å². The average molecular weight is 449 g/mol. The van der Waals surface area contributed by atoms with Crippen molar-refractivity contribution in [2.45, 2.75) is 0 Å². The minimum atomic E-state index is -4.24. The Bertz CT molecular complexity index is 175. The molecule has 74 valence electrons. The van der Waals surface area contributed by atoms with Crippen molar-refractivity contribution in [1.29, 1.82) is 0 Å². The summed E-state index contributed by atoms with van der Waals surface area (Å²) < 4.78 is 0. The normalized spacial score (nSPS) is 13.6. The summed E-state index contributed by atoms with van der Waals surface area (Å²) in [6.07, 6.45) is 3.50. The second kappa shape index (κ2) is 5.21. The van der Waals surface area contributed by atoms with Gasteiger partial charge in [0.1, 0.15) is 0 Å². The summed E-state index contributed by atoms with van der Waals surface area (Å²) >= 11 is 0. The van der Waals surface area contributed by atoms with Gasteiger partial charge < -0.3 is 0 Å². The summed E-state index contributed by atoms with van der Waals surface area (Å²) in [5, 5.41) is 0. The Morgan fingerprint density at radius 3 is 1.17 bits per heavy atom. The Hall–Kier alpha value is 1.25. The Morgan fingerprint density at radius 1 is 0.750 bits per heavy atom. The van der Waals surface area contributed by atoms with E-state index in [2.05, 4.69) is 4.98 Å². The molecular formula is C5H5Cl5IrN. The SMILES string of the molecule is [Cl][Ir]([Cl])([Cl])([Cl])[Cl].c1ccncc1. The fraction of sp³-hybridized carbons (Fsp3) is 0. The van der Waals surface area contributed by atoms with Crippen LogP contribution in [0, 0.1) is 0 Å². The van der Waals surface area contributed by atoms with Crippen molar-refractivity contribution in [1.82, 2.24) is 4.98 Å². The van der Waals surface area contributed by atoms with Crippen molar-refractivity contribution in [3.8, 4) is 0 Å². The number of halogens is 5. The van der Waals surface area contributed by atoms with Crippen LogP contribution >= 0.6 is 47.9 Å². The molecule has 0 bridgehead atoms. The second-order valence-corrected chi connectivity index (χ2v) is 36.1. The number of rotatable bonds is 0. The van der Waals surface area contributed by atoms with Crippen LogP contribution in [0.25, 0.3) is 0 Å². The van der Waals surface area contributed by atoms with Gasteiger partial charge in [0.2, 0.25) is 0 Å². The van der Waals surface area contributed by atoms with E-state index in [0.717, 1.165) is 0 Å². The molecule has 1 rings (SSSR count). The summed E-state index contributed by atoms with van der Waals surface area (Å²) in [6.45, 7) is 0. The zero-order valence-electron chi connectivity index (χ0n) is 5.56. The molecule has 0 radical (unpaired) electrons. The quantitative estimate of drug-likeness (QED) is 0.569. The van der Waals surface area contributed by atoms with Gasteiger partial charge >= 0.3 is 56.9 Å². The van der Waals surface area contributed by atoms with Crippen molar-refractivity contribution in [3.63, 3.8) is 0 Å². The summed E-state index contributed by atoms with van der Waals surface area (Å²) in [4.78, 5) is 3.78. The molecule has 1 aromatic heterocycles. The fourth-order valence-electron chi connectivity index (χ4n) is 0.313. The van der Waals surface area contributed by atoms with E-state index in [4.69, 9.17) is 47.9 Å². The Morgan fingerprint density at radius 2 is 1.08 bits per heavy atom. The van der Waals surface area contributed by atoms with Crippen LogP contribution in [0.5, 0.6) is 0 Å². The van der Waals surface area contributed by atoms with E-state index < -0.39 is 9.02 Å². The van der Waals surface area contributed by atoms with Gasteiger partial charge in [0.15, 0.2) is 0 Å². The van der Waals surface area contributed by atoms with Crippen LogP contribution in [0.15, 0.2) is 30.6 Å². The van der Waals surface area contributed by atoms with Gasteiger partial charge in [0.25, 0.3) is 0 Å². The summed E-state index contributed by atoms with van der Waals surface area (Å²) in [5.74, 6) is 0. The fourth-order valence-corrected chi connectivity index (χ4v) is 0.313. The van der Waals surface area contributed by atoms with E-state index in [1.165, 1.54) is 0 Å². The van der Waals surface area contributed by atoms with Crippen LogP contribution in [0.1, 0.15) is 0 Å². The third-order valence-electron chi connectivity index (χ3n) is 0.566. The summed E-state index contributed by atoms with van der Waals surface area (Å²) in [7, 11) is 21.0. The molecule has 1 nitrogen and oxygen atoms in total. The van der Waals surface area contributed by atoms with Crippen LogP contribution in [-0.4, -0.2) is 4.98 Å². The molecule has 7 heteroatoms. The van der Waals surface area contributed by atoms with Gasteiger partial charge in [-0.15, -0.1) is 0 Å². The predicted octanol–water partition coefficient (Wildman–Crippen LogP) is 4.53. The maximum absolute atomic E-state index is 5.04. The van der Waals surface area contributed by atoms with Crippen molar-refractivity contribution in [2.24, 2.45) is 0 Å². The van der Waals surface area contributed by atoms with Crippen LogP contribution in [0.2, 0.25) is 0 Å². The van der Waals surface area contributed by atoms with E-state index in [-0.39, 0.29) is 0 Å².